The van der Waals surface area contributed by atoms with Gasteiger partial charge in [0.05, 0.1) is 17.0 Å². The molecule has 8 heteroatoms. The summed E-state index contributed by atoms with van der Waals surface area (Å²) in [6, 6.07) is 0. The minimum atomic E-state index is -2.13. The van der Waals surface area contributed by atoms with Crippen molar-refractivity contribution in [2.75, 3.05) is 0 Å². The van der Waals surface area contributed by atoms with E-state index in [0.29, 0.717) is 6.08 Å². The number of carbonyl (C=O) groups is 3. The summed E-state index contributed by atoms with van der Waals surface area (Å²) in [6.07, 6.45) is 0.849. The van der Waals surface area contributed by atoms with E-state index < -0.39 is 28.3 Å². The van der Waals surface area contributed by atoms with Crippen LogP contribution in [0.5, 0.6) is 0 Å². The minimum absolute atomic E-state index is 0.134. The monoisotopic (exact) mass is 213 g/mol. The van der Waals surface area contributed by atoms with E-state index >= 15 is 0 Å². The van der Waals surface area contributed by atoms with Crippen LogP contribution in [0, 0.1) is 10.1 Å². The number of hydrogen-bond donors (Lipinski definition) is 0. The first kappa shape index (κ1) is 12.5. The molecule has 0 unspecified atom stereocenters. The summed E-state index contributed by atoms with van der Waals surface area (Å²) in [6.45, 7) is 0. The van der Waals surface area contributed by atoms with Gasteiger partial charge in [-0.05, 0) is 6.08 Å². The standard InChI is InChI=1S/C7H5NO7/c9-5(7(12)13)3-4(8(14)15)1-2-6(10)11/h1-3H,(H,10,11)(H,12,13)/p-2/b2-1+,4-3+. The molecule has 0 bridgehead atoms. The summed E-state index contributed by atoms with van der Waals surface area (Å²) in [5, 5.41) is 30.0. The highest BCUT2D eigenvalue weighted by Gasteiger charge is 2.09. The van der Waals surface area contributed by atoms with Crippen molar-refractivity contribution in [1.29, 1.82) is 0 Å². The summed E-state index contributed by atoms with van der Waals surface area (Å²) >= 11 is 0. The van der Waals surface area contributed by atoms with E-state index in [0.717, 1.165) is 0 Å². The molecule has 0 radical (unpaired) electrons. The molecule has 0 heterocycles. The van der Waals surface area contributed by atoms with Crippen molar-refractivity contribution in [1.82, 2.24) is 0 Å². The SMILES string of the molecule is O=C([O-])/C=C/C(=C\C(=O)C(=O)[O-])[N+](=O)[O-]. The van der Waals surface area contributed by atoms with Gasteiger partial charge in [0.25, 0.3) is 5.70 Å². The Labute approximate surface area is 82.3 Å². The minimum Gasteiger partial charge on any atom is -0.545 e. The molecule has 0 aromatic carbocycles. The molecule has 0 fully saturated rings. The van der Waals surface area contributed by atoms with Gasteiger partial charge < -0.3 is 19.8 Å². The first-order valence-corrected chi connectivity index (χ1v) is 3.35. The molecule has 0 amide bonds. The average molecular weight is 213 g/mol. The third kappa shape index (κ3) is 4.93. The van der Waals surface area contributed by atoms with Gasteiger partial charge in [-0.2, -0.15) is 0 Å². The number of hydrogen-bond acceptors (Lipinski definition) is 7. The van der Waals surface area contributed by atoms with Gasteiger partial charge in [-0.25, -0.2) is 0 Å². The highest BCUT2D eigenvalue weighted by molar-refractivity contribution is 6.36. The molecule has 0 saturated carbocycles. The fourth-order valence-corrected chi connectivity index (χ4v) is 0.508. The Balaban J connectivity index is 4.98. The predicted molar refractivity (Wildman–Crippen MR) is 39.2 cm³/mol. The molecule has 0 atom stereocenters. The molecule has 0 aliphatic rings. The van der Waals surface area contributed by atoms with Gasteiger partial charge in [0, 0.05) is 6.08 Å². The Morgan fingerprint density at radius 2 is 1.60 bits per heavy atom. The van der Waals surface area contributed by atoms with Crippen molar-refractivity contribution in [2.24, 2.45) is 0 Å². The summed E-state index contributed by atoms with van der Waals surface area (Å²) in [4.78, 5) is 39.3. The van der Waals surface area contributed by atoms with Crippen LogP contribution in [0.2, 0.25) is 0 Å². The molecule has 0 aliphatic heterocycles. The van der Waals surface area contributed by atoms with E-state index in [1.807, 2.05) is 0 Å². The van der Waals surface area contributed by atoms with Crippen LogP contribution in [0.3, 0.4) is 0 Å². The van der Waals surface area contributed by atoms with Gasteiger partial charge in [0.15, 0.2) is 0 Å². The highest BCUT2D eigenvalue weighted by atomic mass is 16.6. The van der Waals surface area contributed by atoms with Crippen LogP contribution in [0.1, 0.15) is 0 Å². The molecule has 0 N–H and O–H groups in total. The summed E-state index contributed by atoms with van der Waals surface area (Å²) in [5.41, 5.74) is -0.992. The Morgan fingerprint density at radius 1 is 1.07 bits per heavy atom. The van der Waals surface area contributed by atoms with Crippen LogP contribution in [0.25, 0.3) is 0 Å². The van der Waals surface area contributed by atoms with E-state index in [2.05, 4.69) is 0 Å². The van der Waals surface area contributed by atoms with E-state index in [1.165, 1.54) is 0 Å². The third-order valence-corrected chi connectivity index (χ3v) is 1.08. The molecule has 8 nitrogen and oxygen atoms in total. The zero-order valence-electron chi connectivity index (χ0n) is 7.04. The fraction of sp³-hybridized carbons (Fsp3) is 0. The van der Waals surface area contributed by atoms with Crippen molar-refractivity contribution in [3.63, 3.8) is 0 Å². The smallest absolute Gasteiger partial charge is 0.273 e. The third-order valence-electron chi connectivity index (χ3n) is 1.08. The van der Waals surface area contributed by atoms with Gasteiger partial charge >= 0.3 is 0 Å². The van der Waals surface area contributed by atoms with E-state index in [9.17, 15) is 34.7 Å². The zero-order valence-corrected chi connectivity index (χ0v) is 7.04. The number of carboxylic acids is 2. The van der Waals surface area contributed by atoms with Crippen molar-refractivity contribution in [3.05, 3.63) is 34.0 Å². The molecule has 15 heavy (non-hydrogen) atoms. The molecule has 0 aromatic rings. The Morgan fingerprint density at radius 3 is 1.93 bits per heavy atom. The number of nitrogens with zero attached hydrogens (tertiary/aromatic N) is 1. The van der Waals surface area contributed by atoms with E-state index in [1.54, 1.807) is 0 Å². The van der Waals surface area contributed by atoms with Gasteiger partial charge in [0.2, 0.25) is 5.78 Å². The van der Waals surface area contributed by atoms with Gasteiger partial charge in [-0.15, -0.1) is 0 Å². The number of aliphatic carboxylic acids is 2. The number of carboxylic acid groups (broad SMARTS) is 2. The Hall–Kier alpha value is -2.51. The molecular formula is C7H3NO7-2. The molecule has 0 aliphatic carbocycles. The number of nitro groups is 1. The lowest BCUT2D eigenvalue weighted by molar-refractivity contribution is -0.419. The molecular weight excluding hydrogens is 210 g/mol. The van der Waals surface area contributed by atoms with Crippen LogP contribution < -0.4 is 10.2 Å². The maximum atomic E-state index is 10.5. The van der Waals surface area contributed by atoms with Crippen LogP contribution >= 0.6 is 0 Å². The highest BCUT2D eigenvalue weighted by Crippen LogP contribution is 1.97. The number of allylic oxidation sites excluding steroid dienone is 1. The van der Waals surface area contributed by atoms with Gasteiger partial charge in [0.1, 0.15) is 5.97 Å². The Bertz CT molecular complexity index is 379. The van der Waals surface area contributed by atoms with E-state index in [4.69, 9.17) is 0 Å². The van der Waals surface area contributed by atoms with Crippen LogP contribution in [0.4, 0.5) is 0 Å². The topological polar surface area (TPSA) is 140 Å². The maximum absolute atomic E-state index is 10.5. The zero-order chi connectivity index (χ0) is 12.0. The fourth-order valence-electron chi connectivity index (χ4n) is 0.508. The molecule has 0 rings (SSSR count). The lowest BCUT2D eigenvalue weighted by atomic mass is 10.3. The largest absolute Gasteiger partial charge is 0.545 e. The molecule has 0 saturated heterocycles. The summed E-state index contributed by atoms with van der Waals surface area (Å²) < 4.78 is 0. The second kappa shape index (κ2) is 5.27. The summed E-state index contributed by atoms with van der Waals surface area (Å²) in [5.74, 6) is -5.48. The van der Waals surface area contributed by atoms with Crippen LogP contribution in [-0.2, 0) is 14.4 Å². The molecule has 0 spiro atoms. The van der Waals surface area contributed by atoms with Crippen LogP contribution in [-0.4, -0.2) is 22.6 Å². The molecule has 0 aromatic heterocycles. The number of ketones is 1. The van der Waals surface area contributed by atoms with Crippen LogP contribution in [0.15, 0.2) is 23.9 Å². The second-order valence-corrected chi connectivity index (χ2v) is 2.13. The summed E-state index contributed by atoms with van der Waals surface area (Å²) in [7, 11) is 0. The quantitative estimate of drug-likeness (QED) is 0.154. The first-order chi connectivity index (χ1) is 6.84. The normalized spacial score (nSPS) is 11.3. The predicted octanol–water partition coefficient (Wildman–Crippen LogP) is -3.23. The second-order valence-electron chi connectivity index (χ2n) is 2.13. The lowest BCUT2D eigenvalue weighted by Gasteiger charge is -1.95. The number of rotatable bonds is 5. The average Bonchev–Trinajstić information content (AvgIpc) is 2.10. The van der Waals surface area contributed by atoms with Crippen molar-refractivity contribution in [2.45, 2.75) is 0 Å². The number of carbonyl (C=O) groups excluding carboxylic acids is 3. The van der Waals surface area contributed by atoms with Crippen molar-refractivity contribution >= 4 is 17.7 Å². The molecule has 80 valence electrons. The lowest BCUT2D eigenvalue weighted by Crippen LogP contribution is -2.30. The first-order valence-electron chi connectivity index (χ1n) is 3.35. The Kier molecular flexibility index (Phi) is 4.39. The van der Waals surface area contributed by atoms with Gasteiger partial charge in [-0.1, -0.05) is 0 Å². The van der Waals surface area contributed by atoms with E-state index in [-0.39, 0.29) is 12.2 Å². The van der Waals surface area contributed by atoms with Crippen molar-refractivity contribution < 1.29 is 29.5 Å². The maximum Gasteiger partial charge on any atom is 0.273 e. The van der Waals surface area contributed by atoms with Crippen molar-refractivity contribution in [3.8, 4) is 0 Å². The van der Waals surface area contributed by atoms with Gasteiger partial charge in [-0.3, -0.25) is 14.9 Å².